The van der Waals surface area contributed by atoms with Crippen molar-refractivity contribution < 1.29 is 9.53 Å². The van der Waals surface area contributed by atoms with Crippen LogP contribution in [0, 0.1) is 17.2 Å². The van der Waals surface area contributed by atoms with Crippen molar-refractivity contribution in [3.05, 3.63) is 24.3 Å². The van der Waals surface area contributed by atoms with Crippen molar-refractivity contribution >= 4 is 11.6 Å². The van der Waals surface area contributed by atoms with E-state index in [1.807, 2.05) is 13.0 Å². The van der Waals surface area contributed by atoms with Gasteiger partial charge in [0.05, 0.1) is 0 Å². The van der Waals surface area contributed by atoms with Gasteiger partial charge in [-0.1, -0.05) is 26.3 Å². The lowest BCUT2D eigenvalue weighted by atomic mass is 10.1. The number of benzene rings is 1. The van der Waals surface area contributed by atoms with Gasteiger partial charge in [-0.2, -0.15) is 5.26 Å². The maximum absolute atomic E-state index is 11.7. The normalized spacial score (nSPS) is 11.4. The molecule has 1 aromatic carbocycles. The van der Waals surface area contributed by atoms with Gasteiger partial charge in [-0.3, -0.25) is 4.79 Å². The maximum atomic E-state index is 11.7. The van der Waals surface area contributed by atoms with Crippen LogP contribution in [-0.2, 0) is 4.79 Å². The number of nitriles is 1. The van der Waals surface area contributed by atoms with E-state index in [9.17, 15) is 4.79 Å². The highest BCUT2D eigenvalue weighted by Gasteiger charge is 2.07. The van der Waals surface area contributed by atoms with Gasteiger partial charge in [0, 0.05) is 18.2 Å². The zero-order valence-electron chi connectivity index (χ0n) is 10.8. The van der Waals surface area contributed by atoms with E-state index in [-0.39, 0.29) is 12.5 Å². The summed E-state index contributed by atoms with van der Waals surface area (Å²) < 4.78 is 5.17. The lowest BCUT2D eigenvalue weighted by Gasteiger charge is -2.10. The second-order valence-electron chi connectivity index (χ2n) is 4.24. The maximum Gasteiger partial charge on any atom is 0.224 e. The van der Waals surface area contributed by atoms with E-state index in [2.05, 4.69) is 12.2 Å². The number of nitrogens with one attached hydrogen (secondary N) is 1. The van der Waals surface area contributed by atoms with E-state index in [1.54, 1.807) is 24.3 Å². The molecule has 18 heavy (non-hydrogen) atoms. The van der Waals surface area contributed by atoms with E-state index in [0.717, 1.165) is 6.42 Å². The van der Waals surface area contributed by atoms with Crippen molar-refractivity contribution in [3.63, 3.8) is 0 Å². The molecule has 1 amide bonds. The van der Waals surface area contributed by atoms with Gasteiger partial charge in [0.25, 0.3) is 0 Å². The van der Waals surface area contributed by atoms with Gasteiger partial charge < -0.3 is 10.1 Å². The molecule has 0 aliphatic rings. The first-order chi connectivity index (χ1) is 8.65. The Morgan fingerprint density at radius 2 is 2.33 bits per heavy atom. The number of hydrogen-bond acceptors (Lipinski definition) is 3. The minimum Gasteiger partial charge on any atom is -0.479 e. The van der Waals surface area contributed by atoms with Crippen molar-refractivity contribution in [1.82, 2.24) is 0 Å². The standard InChI is InChI=1S/C14H18N2O2/c1-3-11(2)9-14(17)16-12-5-4-6-13(10-12)18-8-7-15/h4-6,10-11H,3,8-9H2,1-2H3,(H,16,17). The van der Waals surface area contributed by atoms with E-state index < -0.39 is 0 Å². The fraction of sp³-hybridized carbons (Fsp3) is 0.429. The first-order valence-electron chi connectivity index (χ1n) is 6.05. The third-order valence-electron chi connectivity index (χ3n) is 2.65. The monoisotopic (exact) mass is 246 g/mol. The number of hydrogen-bond donors (Lipinski definition) is 1. The molecule has 4 heteroatoms. The summed E-state index contributed by atoms with van der Waals surface area (Å²) in [7, 11) is 0. The van der Waals surface area contributed by atoms with Crippen LogP contribution in [0.15, 0.2) is 24.3 Å². The van der Waals surface area contributed by atoms with Crippen LogP contribution in [0.4, 0.5) is 5.69 Å². The Kier molecular flexibility index (Phi) is 5.72. The number of rotatable bonds is 6. The molecule has 0 fully saturated rings. The summed E-state index contributed by atoms with van der Waals surface area (Å²) in [5, 5.41) is 11.2. The van der Waals surface area contributed by atoms with E-state index in [1.165, 1.54) is 0 Å². The Labute approximate surface area is 108 Å². The lowest BCUT2D eigenvalue weighted by Crippen LogP contribution is -2.14. The summed E-state index contributed by atoms with van der Waals surface area (Å²) in [4.78, 5) is 11.7. The molecule has 1 unspecified atom stereocenters. The minimum atomic E-state index is 0.00165. The fourth-order valence-corrected chi connectivity index (χ4v) is 1.45. The Bertz CT molecular complexity index is 438. The van der Waals surface area contributed by atoms with Gasteiger partial charge in [0.1, 0.15) is 11.8 Å². The topological polar surface area (TPSA) is 62.1 Å². The molecule has 96 valence electrons. The van der Waals surface area contributed by atoms with Crippen LogP contribution in [0.1, 0.15) is 26.7 Å². The zero-order valence-corrected chi connectivity index (χ0v) is 10.8. The average Bonchev–Trinajstić information content (AvgIpc) is 2.36. The number of carbonyl (C=O) groups excluding carboxylic acids is 1. The average molecular weight is 246 g/mol. The smallest absolute Gasteiger partial charge is 0.224 e. The van der Waals surface area contributed by atoms with Crippen LogP contribution in [0.3, 0.4) is 0 Å². The van der Waals surface area contributed by atoms with Crippen molar-refractivity contribution in [3.8, 4) is 11.8 Å². The third-order valence-corrected chi connectivity index (χ3v) is 2.65. The molecule has 1 atom stereocenters. The molecule has 0 aromatic heterocycles. The Balaban J connectivity index is 2.56. The first-order valence-corrected chi connectivity index (χ1v) is 6.05. The van der Waals surface area contributed by atoms with Gasteiger partial charge in [0.2, 0.25) is 5.91 Å². The zero-order chi connectivity index (χ0) is 13.4. The Morgan fingerprint density at radius 3 is 3.00 bits per heavy atom. The highest BCUT2D eigenvalue weighted by atomic mass is 16.5. The minimum absolute atomic E-state index is 0.00165. The molecule has 0 spiro atoms. The van der Waals surface area contributed by atoms with Crippen LogP contribution >= 0.6 is 0 Å². The molecule has 4 nitrogen and oxygen atoms in total. The third kappa shape index (κ3) is 4.88. The summed E-state index contributed by atoms with van der Waals surface area (Å²) in [6.45, 7) is 4.12. The summed E-state index contributed by atoms with van der Waals surface area (Å²) in [6, 6.07) is 8.95. The van der Waals surface area contributed by atoms with Crippen molar-refractivity contribution in [2.75, 3.05) is 11.9 Å². The highest BCUT2D eigenvalue weighted by Crippen LogP contribution is 2.18. The van der Waals surface area contributed by atoms with Crippen molar-refractivity contribution in [1.29, 1.82) is 5.26 Å². The van der Waals surface area contributed by atoms with Gasteiger partial charge in [0.15, 0.2) is 6.61 Å². The van der Waals surface area contributed by atoms with Gasteiger partial charge in [-0.05, 0) is 18.1 Å². The molecule has 0 aliphatic carbocycles. The molecule has 1 aromatic rings. The molecule has 1 N–H and O–H groups in total. The molecule has 0 bridgehead atoms. The fourth-order valence-electron chi connectivity index (χ4n) is 1.45. The van der Waals surface area contributed by atoms with Crippen LogP contribution in [0.25, 0.3) is 0 Å². The number of carbonyl (C=O) groups is 1. The van der Waals surface area contributed by atoms with Gasteiger partial charge in [-0.25, -0.2) is 0 Å². The predicted molar refractivity (Wildman–Crippen MR) is 70.3 cm³/mol. The molecule has 0 aliphatic heterocycles. The molecule has 1 rings (SSSR count). The molecule has 0 saturated heterocycles. The highest BCUT2D eigenvalue weighted by molar-refractivity contribution is 5.91. The Morgan fingerprint density at radius 1 is 1.56 bits per heavy atom. The van der Waals surface area contributed by atoms with Crippen LogP contribution in [0.2, 0.25) is 0 Å². The molecule has 0 saturated carbocycles. The van der Waals surface area contributed by atoms with Gasteiger partial charge >= 0.3 is 0 Å². The molecule has 0 radical (unpaired) electrons. The number of ether oxygens (including phenoxy) is 1. The van der Waals surface area contributed by atoms with Crippen molar-refractivity contribution in [2.45, 2.75) is 26.7 Å². The number of nitrogens with zero attached hydrogens (tertiary/aromatic N) is 1. The predicted octanol–water partition coefficient (Wildman–Crippen LogP) is 2.96. The van der Waals surface area contributed by atoms with E-state index >= 15 is 0 Å². The van der Waals surface area contributed by atoms with Crippen LogP contribution < -0.4 is 10.1 Å². The molecular weight excluding hydrogens is 228 g/mol. The van der Waals surface area contributed by atoms with Gasteiger partial charge in [-0.15, -0.1) is 0 Å². The quantitative estimate of drug-likeness (QED) is 0.839. The molecular formula is C14H18N2O2. The van der Waals surface area contributed by atoms with Crippen LogP contribution in [0.5, 0.6) is 5.75 Å². The van der Waals surface area contributed by atoms with E-state index in [4.69, 9.17) is 10.00 Å². The number of anilines is 1. The lowest BCUT2D eigenvalue weighted by molar-refractivity contribution is -0.117. The molecule has 0 heterocycles. The largest absolute Gasteiger partial charge is 0.479 e. The number of amides is 1. The van der Waals surface area contributed by atoms with Crippen LogP contribution in [-0.4, -0.2) is 12.5 Å². The summed E-state index contributed by atoms with van der Waals surface area (Å²) in [6.07, 6.45) is 1.50. The summed E-state index contributed by atoms with van der Waals surface area (Å²) in [5.41, 5.74) is 0.693. The second kappa shape index (κ2) is 7.33. The SMILES string of the molecule is CCC(C)CC(=O)Nc1cccc(OCC#N)c1. The van der Waals surface area contributed by atoms with E-state index in [0.29, 0.717) is 23.8 Å². The first kappa shape index (κ1) is 14.0. The summed E-state index contributed by atoms with van der Waals surface area (Å²) >= 11 is 0. The van der Waals surface area contributed by atoms with Crippen molar-refractivity contribution in [2.24, 2.45) is 5.92 Å². The second-order valence-corrected chi connectivity index (χ2v) is 4.24. The Hall–Kier alpha value is -2.02. The summed E-state index contributed by atoms with van der Waals surface area (Å²) in [5.74, 6) is 0.961.